The smallest absolute Gasteiger partial charge is 0.223 e. The van der Waals surface area contributed by atoms with E-state index in [1.807, 2.05) is 12.1 Å². The van der Waals surface area contributed by atoms with E-state index in [1.54, 1.807) is 6.92 Å². The molecule has 0 aliphatic carbocycles. The van der Waals surface area contributed by atoms with Gasteiger partial charge in [-0.1, -0.05) is 53.7 Å². The maximum atomic E-state index is 5.49. The van der Waals surface area contributed by atoms with Gasteiger partial charge in [-0.15, -0.1) is 0 Å². The summed E-state index contributed by atoms with van der Waals surface area (Å²) in [7, 11) is 0. The van der Waals surface area contributed by atoms with E-state index in [2.05, 4.69) is 56.3 Å². The van der Waals surface area contributed by atoms with Gasteiger partial charge in [0.05, 0.1) is 13.2 Å². The summed E-state index contributed by atoms with van der Waals surface area (Å²) in [6.45, 7) is 9.10. The summed E-state index contributed by atoms with van der Waals surface area (Å²) < 4.78 is 10.6. The van der Waals surface area contributed by atoms with Crippen LogP contribution in [0.1, 0.15) is 17.9 Å². The Balaban J connectivity index is 1.19. The van der Waals surface area contributed by atoms with Gasteiger partial charge >= 0.3 is 0 Å². The van der Waals surface area contributed by atoms with Crippen molar-refractivity contribution in [1.29, 1.82) is 0 Å². The third-order valence-electron chi connectivity index (χ3n) is 6.17. The van der Waals surface area contributed by atoms with Crippen LogP contribution in [0, 0.1) is 6.92 Å². The largest absolute Gasteiger partial charge is 0.379 e. The lowest BCUT2D eigenvalue weighted by Crippen LogP contribution is -2.44. The zero-order valence-electron chi connectivity index (χ0n) is 17.5. The average molecular weight is 405 g/mol. The second-order valence-corrected chi connectivity index (χ2v) is 8.24. The number of nitrogens with zero attached hydrogens (tertiary/aromatic N) is 4. The number of hydrogen-bond donors (Lipinski definition) is 0. The molecule has 2 saturated heterocycles. The highest BCUT2D eigenvalue weighted by atomic mass is 16.5. The lowest BCUT2D eigenvalue weighted by atomic mass is 10.0. The molecule has 2 fully saturated rings. The number of morpholine rings is 1. The molecule has 156 valence electrons. The molecule has 1 unspecified atom stereocenters. The summed E-state index contributed by atoms with van der Waals surface area (Å²) in [4.78, 5) is 9.47. The van der Waals surface area contributed by atoms with Gasteiger partial charge in [0.2, 0.25) is 11.7 Å². The Morgan fingerprint density at radius 1 is 0.900 bits per heavy atom. The van der Waals surface area contributed by atoms with Gasteiger partial charge in [0, 0.05) is 51.3 Å². The monoisotopic (exact) mass is 404 g/mol. The fourth-order valence-corrected chi connectivity index (χ4v) is 4.49. The standard InChI is InChI=1S/C24H28N4O2/c1-18-25-24(26-30-18)22-8-6-21(7-9-22)20-4-2-19(3-5-20)16-27-11-10-23(17-27)28-12-14-29-15-13-28/h2-9,23H,10-17H2,1H3. The molecule has 2 aliphatic rings. The van der Waals surface area contributed by atoms with Crippen LogP contribution in [0.3, 0.4) is 0 Å². The second kappa shape index (κ2) is 8.68. The quantitative estimate of drug-likeness (QED) is 0.647. The van der Waals surface area contributed by atoms with E-state index in [0.717, 1.165) is 38.4 Å². The van der Waals surface area contributed by atoms with Crippen molar-refractivity contribution in [2.75, 3.05) is 39.4 Å². The summed E-state index contributed by atoms with van der Waals surface area (Å²) in [5.74, 6) is 1.22. The van der Waals surface area contributed by atoms with Gasteiger partial charge < -0.3 is 9.26 Å². The van der Waals surface area contributed by atoms with E-state index in [0.29, 0.717) is 17.8 Å². The Morgan fingerprint density at radius 2 is 1.57 bits per heavy atom. The summed E-state index contributed by atoms with van der Waals surface area (Å²) in [5, 5.41) is 3.98. The second-order valence-electron chi connectivity index (χ2n) is 8.24. The molecule has 5 rings (SSSR count). The minimum atomic E-state index is 0.582. The van der Waals surface area contributed by atoms with Gasteiger partial charge in [-0.3, -0.25) is 9.80 Å². The summed E-state index contributed by atoms with van der Waals surface area (Å²) in [6.07, 6.45) is 1.27. The highest BCUT2D eigenvalue weighted by Crippen LogP contribution is 2.25. The van der Waals surface area contributed by atoms with Crippen molar-refractivity contribution in [2.24, 2.45) is 0 Å². The first kappa shape index (κ1) is 19.4. The molecule has 3 aromatic rings. The molecule has 0 saturated carbocycles. The zero-order valence-corrected chi connectivity index (χ0v) is 17.5. The van der Waals surface area contributed by atoms with Crippen molar-refractivity contribution < 1.29 is 9.26 Å². The van der Waals surface area contributed by atoms with E-state index in [1.165, 1.54) is 36.2 Å². The molecule has 30 heavy (non-hydrogen) atoms. The molecule has 0 N–H and O–H groups in total. The number of aromatic nitrogens is 2. The van der Waals surface area contributed by atoms with Crippen LogP contribution in [-0.2, 0) is 11.3 Å². The molecule has 0 amide bonds. The van der Waals surface area contributed by atoms with Gasteiger partial charge in [-0.2, -0.15) is 4.98 Å². The number of likely N-dealkylation sites (tertiary alicyclic amines) is 1. The van der Waals surface area contributed by atoms with Gasteiger partial charge in [-0.25, -0.2) is 0 Å². The van der Waals surface area contributed by atoms with Crippen LogP contribution in [0.25, 0.3) is 22.5 Å². The molecule has 6 nitrogen and oxygen atoms in total. The van der Waals surface area contributed by atoms with Crippen LogP contribution in [0.4, 0.5) is 0 Å². The molecule has 2 aromatic carbocycles. The van der Waals surface area contributed by atoms with Gasteiger partial charge in [0.25, 0.3) is 0 Å². The molecule has 2 aliphatic heterocycles. The van der Waals surface area contributed by atoms with Crippen molar-refractivity contribution in [2.45, 2.75) is 25.9 Å². The number of ether oxygens (including phenoxy) is 1. The zero-order chi connectivity index (χ0) is 20.3. The Kier molecular flexibility index (Phi) is 5.62. The maximum absolute atomic E-state index is 5.49. The maximum Gasteiger partial charge on any atom is 0.223 e. The first-order valence-corrected chi connectivity index (χ1v) is 10.8. The number of hydrogen-bond acceptors (Lipinski definition) is 6. The number of rotatable bonds is 5. The van der Waals surface area contributed by atoms with E-state index < -0.39 is 0 Å². The summed E-state index contributed by atoms with van der Waals surface area (Å²) in [6, 6.07) is 18.0. The number of benzene rings is 2. The summed E-state index contributed by atoms with van der Waals surface area (Å²) in [5.41, 5.74) is 4.76. The molecule has 0 spiro atoms. The minimum absolute atomic E-state index is 0.582. The van der Waals surface area contributed by atoms with E-state index >= 15 is 0 Å². The Morgan fingerprint density at radius 3 is 2.23 bits per heavy atom. The van der Waals surface area contributed by atoms with Crippen molar-refractivity contribution in [3.63, 3.8) is 0 Å². The lowest BCUT2D eigenvalue weighted by molar-refractivity contribution is 0.0184. The van der Waals surface area contributed by atoms with Gasteiger partial charge in [0.1, 0.15) is 0 Å². The Labute approximate surface area is 177 Å². The Bertz CT molecular complexity index is 962. The van der Waals surface area contributed by atoms with Crippen LogP contribution in [0.5, 0.6) is 0 Å². The fourth-order valence-electron chi connectivity index (χ4n) is 4.49. The minimum Gasteiger partial charge on any atom is -0.379 e. The molecule has 0 radical (unpaired) electrons. The molecule has 3 heterocycles. The first-order valence-electron chi connectivity index (χ1n) is 10.8. The summed E-state index contributed by atoms with van der Waals surface area (Å²) >= 11 is 0. The fraction of sp³-hybridized carbons (Fsp3) is 0.417. The van der Waals surface area contributed by atoms with E-state index in [4.69, 9.17) is 9.26 Å². The first-order chi connectivity index (χ1) is 14.7. The molecular weight excluding hydrogens is 376 g/mol. The third-order valence-corrected chi connectivity index (χ3v) is 6.17. The molecule has 0 bridgehead atoms. The van der Waals surface area contributed by atoms with Crippen LogP contribution in [0.15, 0.2) is 53.1 Å². The third kappa shape index (κ3) is 4.31. The van der Waals surface area contributed by atoms with Crippen LogP contribution in [0.2, 0.25) is 0 Å². The van der Waals surface area contributed by atoms with E-state index in [-0.39, 0.29) is 0 Å². The van der Waals surface area contributed by atoms with Crippen molar-refractivity contribution >= 4 is 0 Å². The molecule has 6 heteroatoms. The van der Waals surface area contributed by atoms with Crippen molar-refractivity contribution in [3.05, 3.63) is 60.0 Å². The highest BCUT2D eigenvalue weighted by molar-refractivity contribution is 5.67. The van der Waals surface area contributed by atoms with Crippen molar-refractivity contribution in [3.8, 4) is 22.5 Å². The Hall–Kier alpha value is -2.54. The highest BCUT2D eigenvalue weighted by Gasteiger charge is 2.28. The van der Waals surface area contributed by atoms with Crippen LogP contribution < -0.4 is 0 Å². The SMILES string of the molecule is Cc1nc(-c2ccc(-c3ccc(CN4CCC(N5CCOCC5)C4)cc3)cc2)no1. The van der Waals surface area contributed by atoms with Crippen LogP contribution in [-0.4, -0.2) is 65.4 Å². The molecular formula is C24H28N4O2. The lowest BCUT2D eigenvalue weighted by Gasteiger charge is -2.32. The molecule has 1 aromatic heterocycles. The molecule has 1 atom stereocenters. The topological polar surface area (TPSA) is 54.6 Å². The van der Waals surface area contributed by atoms with Gasteiger partial charge in [-0.05, 0) is 23.1 Å². The number of aryl methyl sites for hydroxylation is 1. The average Bonchev–Trinajstić information content (AvgIpc) is 3.44. The van der Waals surface area contributed by atoms with Crippen LogP contribution >= 0.6 is 0 Å². The predicted octanol–water partition coefficient (Wildman–Crippen LogP) is 3.62. The normalized spacial score (nSPS) is 20.6. The van der Waals surface area contributed by atoms with E-state index in [9.17, 15) is 0 Å². The van der Waals surface area contributed by atoms with Crippen molar-refractivity contribution in [1.82, 2.24) is 19.9 Å². The van der Waals surface area contributed by atoms with Gasteiger partial charge in [0.15, 0.2) is 0 Å². The predicted molar refractivity (Wildman–Crippen MR) is 116 cm³/mol.